The molecule has 1 N–H and O–H groups in total. The van der Waals surface area contributed by atoms with Crippen molar-refractivity contribution in [3.05, 3.63) is 30.1 Å². The highest BCUT2D eigenvalue weighted by Crippen LogP contribution is 2.21. The Morgan fingerprint density at radius 2 is 1.88 bits per heavy atom. The highest BCUT2D eigenvalue weighted by Gasteiger charge is 2.32. The number of nitrogens with one attached hydrogen (secondary N) is 1. The van der Waals surface area contributed by atoms with Gasteiger partial charge in [0.15, 0.2) is 0 Å². The van der Waals surface area contributed by atoms with Gasteiger partial charge in [-0.05, 0) is 37.8 Å². The van der Waals surface area contributed by atoms with Gasteiger partial charge < -0.3 is 19.5 Å². The summed E-state index contributed by atoms with van der Waals surface area (Å²) in [5.41, 5.74) is 1.79. The van der Waals surface area contributed by atoms with Crippen molar-refractivity contribution < 1.29 is 14.3 Å². The van der Waals surface area contributed by atoms with Crippen LogP contribution in [0.2, 0.25) is 0 Å². The molecular weight excluding hydrogens is 332 g/mol. The molecule has 2 saturated heterocycles. The quantitative estimate of drug-likeness (QED) is 0.857. The van der Waals surface area contributed by atoms with Crippen LogP contribution in [0, 0.1) is 5.92 Å². The Bertz CT molecular complexity index is 764. The van der Waals surface area contributed by atoms with E-state index in [9.17, 15) is 9.59 Å². The van der Waals surface area contributed by atoms with Gasteiger partial charge in [-0.2, -0.15) is 0 Å². The minimum atomic E-state index is -0.250. The summed E-state index contributed by atoms with van der Waals surface area (Å²) in [6.07, 6.45) is 3.75. The number of carbonyl (C=O) groups is 2. The first-order valence-corrected chi connectivity index (χ1v) is 9.35. The molecule has 1 aromatic carbocycles. The van der Waals surface area contributed by atoms with E-state index in [1.165, 1.54) is 0 Å². The number of imidazole rings is 1. The molecule has 2 amide bonds. The summed E-state index contributed by atoms with van der Waals surface area (Å²) < 4.78 is 5.47. The van der Waals surface area contributed by atoms with Gasteiger partial charge in [0.25, 0.3) is 0 Å². The Hall–Kier alpha value is -2.57. The number of rotatable bonds is 3. The van der Waals surface area contributed by atoms with E-state index in [1.54, 1.807) is 0 Å². The van der Waals surface area contributed by atoms with E-state index in [2.05, 4.69) is 9.97 Å². The zero-order chi connectivity index (χ0) is 17.9. The van der Waals surface area contributed by atoms with Crippen molar-refractivity contribution in [2.45, 2.75) is 32.3 Å². The SMILES string of the molecule is O=C(OCc1nc2ccccc2[nH]1)[C@@H]1CCCN(C(=O)N2CCCC2)C1. The molecule has 2 aliphatic heterocycles. The number of fused-ring (bicyclic) bond motifs is 1. The second-order valence-electron chi connectivity index (χ2n) is 7.07. The molecule has 2 fully saturated rings. The molecule has 138 valence electrons. The van der Waals surface area contributed by atoms with E-state index in [0.717, 1.165) is 56.4 Å². The van der Waals surface area contributed by atoms with Crippen molar-refractivity contribution in [1.82, 2.24) is 19.8 Å². The van der Waals surface area contributed by atoms with Gasteiger partial charge >= 0.3 is 12.0 Å². The number of H-pyrrole nitrogens is 1. The van der Waals surface area contributed by atoms with Crippen LogP contribution in [-0.4, -0.2) is 57.9 Å². The average Bonchev–Trinajstić information content (AvgIpc) is 3.35. The summed E-state index contributed by atoms with van der Waals surface area (Å²) in [6, 6.07) is 7.78. The van der Waals surface area contributed by atoms with Crippen LogP contribution in [0.3, 0.4) is 0 Å². The van der Waals surface area contributed by atoms with Crippen molar-refractivity contribution in [3.63, 3.8) is 0 Å². The lowest BCUT2D eigenvalue weighted by Gasteiger charge is -2.34. The number of ether oxygens (including phenoxy) is 1. The third-order valence-electron chi connectivity index (χ3n) is 5.19. The molecule has 7 heteroatoms. The van der Waals surface area contributed by atoms with Gasteiger partial charge in [0, 0.05) is 26.2 Å². The summed E-state index contributed by atoms with van der Waals surface area (Å²) in [6.45, 7) is 2.97. The van der Waals surface area contributed by atoms with E-state index < -0.39 is 0 Å². The molecule has 26 heavy (non-hydrogen) atoms. The molecule has 4 rings (SSSR count). The zero-order valence-electron chi connectivity index (χ0n) is 14.8. The highest BCUT2D eigenvalue weighted by molar-refractivity contribution is 5.78. The van der Waals surface area contributed by atoms with Crippen LogP contribution in [0.25, 0.3) is 11.0 Å². The van der Waals surface area contributed by atoms with Crippen molar-refractivity contribution in [3.8, 4) is 0 Å². The third kappa shape index (κ3) is 3.52. The molecule has 2 aromatic rings. The minimum absolute atomic E-state index is 0.0669. The normalized spacial score (nSPS) is 20.5. The van der Waals surface area contributed by atoms with Crippen LogP contribution in [0.4, 0.5) is 4.79 Å². The standard InChI is InChI=1S/C19H24N4O3/c24-18(26-13-17-20-15-7-1-2-8-16(15)21-17)14-6-5-11-23(12-14)19(25)22-9-3-4-10-22/h1-2,7-8,14H,3-6,9-13H2,(H,20,21)/t14-/m1/s1. The van der Waals surface area contributed by atoms with E-state index >= 15 is 0 Å². The number of benzene rings is 1. The average molecular weight is 356 g/mol. The third-order valence-corrected chi connectivity index (χ3v) is 5.19. The molecule has 1 atom stereocenters. The fraction of sp³-hybridized carbons (Fsp3) is 0.526. The van der Waals surface area contributed by atoms with Gasteiger partial charge in [-0.3, -0.25) is 4.79 Å². The van der Waals surface area contributed by atoms with Crippen molar-refractivity contribution in [2.24, 2.45) is 5.92 Å². The van der Waals surface area contributed by atoms with Crippen LogP contribution in [0.5, 0.6) is 0 Å². The van der Waals surface area contributed by atoms with Crippen molar-refractivity contribution in [1.29, 1.82) is 0 Å². The first-order chi connectivity index (χ1) is 12.7. The maximum atomic E-state index is 12.5. The van der Waals surface area contributed by atoms with Crippen molar-refractivity contribution in [2.75, 3.05) is 26.2 Å². The Balaban J connectivity index is 1.32. The van der Waals surface area contributed by atoms with Gasteiger partial charge in [0.2, 0.25) is 0 Å². The number of nitrogens with zero attached hydrogens (tertiary/aromatic N) is 3. The lowest BCUT2D eigenvalue weighted by atomic mass is 9.98. The predicted octanol–water partition coefficient (Wildman–Crippen LogP) is 2.53. The maximum Gasteiger partial charge on any atom is 0.320 e. The molecule has 0 radical (unpaired) electrons. The van der Waals surface area contributed by atoms with Crippen LogP contribution in [0.15, 0.2) is 24.3 Å². The smallest absolute Gasteiger partial charge is 0.320 e. The number of aromatic nitrogens is 2. The molecule has 0 bridgehead atoms. The largest absolute Gasteiger partial charge is 0.457 e. The number of aromatic amines is 1. The van der Waals surface area contributed by atoms with E-state index in [1.807, 2.05) is 34.1 Å². The van der Waals surface area contributed by atoms with Crippen LogP contribution in [-0.2, 0) is 16.1 Å². The lowest BCUT2D eigenvalue weighted by Crippen LogP contribution is -2.48. The number of amides is 2. The Kier molecular flexibility index (Phi) is 4.77. The van der Waals surface area contributed by atoms with Gasteiger partial charge in [0.1, 0.15) is 12.4 Å². The summed E-state index contributed by atoms with van der Waals surface area (Å²) in [5, 5.41) is 0. The fourth-order valence-corrected chi connectivity index (χ4v) is 3.78. The molecule has 2 aliphatic rings. The van der Waals surface area contributed by atoms with Gasteiger partial charge in [-0.1, -0.05) is 12.1 Å². The molecule has 0 spiro atoms. The summed E-state index contributed by atoms with van der Waals surface area (Å²) in [5.74, 6) is 0.143. The first kappa shape index (κ1) is 16.9. The number of hydrogen-bond donors (Lipinski definition) is 1. The monoisotopic (exact) mass is 356 g/mol. The fourth-order valence-electron chi connectivity index (χ4n) is 3.78. The van der Waals surface area contributed by atoms with Crippen LogP contribution >= 0.6 is 0 Å². The molecule has 0 unspecified atom stereocenters. The number of likely N-dealkylation sites (tertiary alicyclic amines) is 2. The molecule has 1 aromatic heterocycles. The van der Waals surface area contributed by atoms with E-state index in [4.69, 9.17) is 4.74 Å². The predicted molar refractivity (Wildman–Crippen MR) is 96.4 cm³/mol. The minimum Gasteiger partial charge on any atom is -0.457 e. The Morgan fingerprint density at radius 1 is 1.12 bits per heavy atom. The second-order valence-corrected chi connectivity index (χ2v) is 7.07. The van der Waals surface area contributed by atoms with Crippen LogP contribution in [0.1, 0.15) is 31.5 Å². The summed E-state index contributed by atoms with van der Waals surface area (Å²) >= 11 is 0. The van der Waals surface area contributed by atoms with Crippen molar-refractivity contribution >= 4 is 23.0 Å². The molecule has 0 aliphatic carbocycles. The van der Waals surface area contributed by atoms with Gasteiger partial charge in [0.05, 0.1) is 17.0 Å². The summed E-state index contributed by atoms with van der Waals surface area (Å²) in [4.78, 5) is 36.3. The number of carbonyl (C=O) groups excluding carboxylic acids is 2. The van der Waals surface area contributed by atoms with Gasteiger partial charge in [-0.25, -0.2) is 9.78 Å². The Morgan fingerprint density at radius 3 is 2.69 bits per heavy atom. The van der Waals surface area contributed by atoms with E-state index in [0.29, 0.717) is 12.4 Å². The maximum absolute atomic E-state index is 12.5. The number of para-hydroxylation sites is 2. The Labute approximate surface area is 152 Å². The highest BCUT2D eigenvalue weighted by atomic mass is 16.5. The number of urea groups is 1. The van der Waals surface area contributed by atoms with E-state index in [-0.39, 0.29) is 24.5 Å². The number of esters is 1. The lowest BCUT2D eigenvalue weighted by molar-refractivity contribution is -0.151. The summed E-state index contributed by atoms with van der Waals surface area (Å²) in [7, 11) is 0. The van der Waals surface area contributed by atoms with Crippen LogP contribution < -0.4 is 0 Å². The topological polar surface area (TPSA) is 78.5 Å². The molecule has 3 heterocycles. The molecule has 0 saturated carbocycles. The molecule has 7 nitrogen and oxygen atoms in total. The second kappa shape index (κ2) is 7.35. The number of hydrogen-bond acceptors (Lipinski definition) is 4. The zero-order valence-corrected chi connectivity index (χ0v) is 14.8. The van der Waals surface area contributed by atoms with Gasteiger partial charge in [-0.15, -0.1) is 0 Å². The molecular formula is C19H24N4O3. The number of piperidine rings is 1. The first-order valence-electron chi connectivity index (χ1n) is 9.35.